The molecule has 3 saturated carbocycles. The van der Waals surface area contributed by atoms with Gasteiger partial charge in [0.1, 0.15) is 11.9 Å². The Kier molecular flexibility index (Phi) is 8.70. The lowest BCUT2D eigenvalue weighted by molar-refractivity contribution is -0.146. The fourth-order valence-electron chi connectivity index (χ4n) is 9.00. The molecule has 4 aliphatic carbocycles. The Morgan fingerprint density at radius 2 is 1.91 bits per heavy atom. The van der Waals surface area contributed by atoms with E-state index in [0.29, 0.717) is 30.0 Å². The second kappa shape index (κ2) is 12.0. The van der Waals surface area contributed by atoms with Crippen LogP contribution in [0.15, 0.2) is 41.1 Å². The number of rotatable bonds is 9. The van der Waals surface area contributed by atoms with Crippen LogP contribution in [0.3, 0.4) is 0 Å². The number of amides is 1. The van der Waals surface area contributed by atoms with E-state index < -0.39 is 35.9 Å². The highest BCUT2D eigenvalue weighted by atomic mass is 16.8. The molecule has 5 rings (SSSR count). The lowest BCUT2D eigenvalue weighted by Gasteiger charge is -2.58. The van der Waals surface area contributed by atoms with E-state index in [2.05, 4.69) is 30.4 Å². The lowest BCUT2D eigenvalue weighted by Crippen LogP contribution is -2.51. The van der Waals surface area contributed by atoms with Gasteiger partial charge in [0.05, 0.1) is 11.4 Å². The van der Waals surface area contributed by atoms with E-state index in [1.54, 1.807) is 6.92 Å². The van der Waals surface area contributed by atoms with Crippen LogP contribution in [0.25, 0.3) is 0 Å². The van der Waals surface area contributed by atoms with Gasteiger partial charge in [-0.3, -0.25) is 14.8 Å². The number of fused-ring (bicyclic) bond motifs is 5. The summed E-state index contributed by atoms with van der Waals surface area (Å²) in [6, 6.07) is 3.44. The fraction of sp³-hybridized carbons (Fsp3) is 0.625. The number of aliphatic hydroxyl groups excluding tert-OH is 1. The van der Waals surface area contributed by atoms with Crippen LogP contribution in [0.1, 0.15) is 83.8 Å². The van der Waals surface area contributed by atoms with Crippen molar-refractivity contribution in [3.63, 3.8) is 0 Å². The number of aliphatic hydroxyl groups is 1. The fourth-order valence-corrected chi connectivity index (χ4v) is 9.00. The number of carboxylic acid groups (broad SMARTS) is 1. The number of carbonyl (C=O) groups excluding carboxylic acids is 2. The first-order valence-corrected chi connectivity index (χ1v) is 15.2. The summed E-state index contributed by atoms with van der Waals surface area (Å²) in [5.41, 5.74) is 2.15. The summed E-state index contributed by atoms with van der Waals surface area (Å²) in [5, 5.41) is 46.4. The Morgan fingerprint density at radius 3 is 2.60 bits per heavy atom. The predicted octanol–water partition coefficient (Wildman–Crippen LogP) is 4.52. The molecular formula is C32H42N3O8-. The van der Waals surface area contributed by atoms with Crippen molar-refractivity contribution in [2.45, 2.75) is 84.3 Å². The van der Waals surface area contributed by atoms with Crippen molar-refractivity contribution in [2.75, 3.05) is 11.8 Å². The van der Waals surface area contributed by atoms with Crippen molar-refractivity contribution in [2.24, 2.45) is 39.7 Å². The van der Waals surface area contributed by atoms with Crippen LogP contribution in [0.2, 0.25) is 0 Å². The Balaban J connectivity index is 1.20. The highest BCUT2D eigenvalue weighted by molar-refractivity contribution is 5.96. The number of benzene rings is 1. The zero-order valence-electron chi connectivity index (χ0n) is 25.0. The summed E-state index contributed by atoms with van der Waals surface area (Å²) in [6.07, 6.45) is 8.56. The van der Waals surface area contributed by atoms with Crippen LogP contribution < -0.4 is 10.5 Å². The van der Waals surface area contributed by atoms with Gasteiger partial charge >= 0.3 is 5.97 Å². The molecule has 0 saturated heterocycles. The number of aliphatic carboxylic acids is 1. The number of Topliss-reactive ketones (excluding diaryl/α,β-unsaturated/α-hetero) is 1. The van der Waals surface area contributed by atoms with E-state index >= 15 is 0 Å². The first kappa shape index (κ1) is 31.2. The van der Waals surface area contributed by atoms with Gasteiger partial charge in [0.25, 0.3) is 5.91 Å². The molecule has 4 N–H and O–H groups in total. The molecule has 0 spiro atoms. The summed E-state index contributed by atoms with van der Waals surface area (Å²) in [5.74, 6) is 0.0920. The first-order chi connectivity index (χ1) is 20.3. The van der Waals surface area contributed by atoms with Crippen LogP contribution in [0.4, 0.5) is 5.69 Å². The van der Waals surface area contributed by atoms with E-state index in [9.17, 15) is 29.8 Å². The van der Waals surface area contributed by atoms with Gasteiger partial charge in [-0.1, -0.05) is 36.7 Å². The summed E-state index contributed by atoms with van der Waals surface area (Å²) in [6.45, 7) is 5.96. The average molecular weight is 597 g/mol. The Bertz CT molecular complexity index is 1330. The molecule has 0 bridgehead atoms. The maximum Gasteiger partial charge on any atom is 0.329 e. The molecule has 0 unspecified atom stereocenters. The van der Waals surface area contributed by atoms with Crippen molar-refractivity contribution in [3.8, 4) is 0 Å². The standard InChI is InChI=1S/C32H42N3O8/c1-18(36)24-9-10-25-23-8-7-20-16-21(11-13-31(20,2)26(23)12-14-32(24,25)3)34-43-17-27(37)33-28(30(39)40)29(38)19-5-4-6-22(15-19)35(41)42/h4-6,15-16,23-26,28-29,38,41H,7-14,17H2,1-3H3,(H,33,37)(H,39,40)/q-1/t23-,24-,25-,26+,28+,29-,31+,32-/m1/s1. The van der Waals surface area contributed by atoms with E-state index in [0.717, 1.165) is 56.7 Å². The maximum atomic E-state index is 12.5. The van der Waals surface area contributed by atoms with Gasteiger partial charge in [0, 0.05) is 5.92 Å². The minimum absolute atomic E-state index is 0.0297. The van der Waals surface area contributed by atoms with Gasteiger partial charge in [0.15, 0.2) is 12.6 Å². The zero-order chi connectivity index (χ0) is 31.1. The topological polar surface area (TPSA) is 172 Å². The van der Waals surface area contributed by atoms with Crippen molar-refractivity contribution >= 4 is 29.1 Å². The number of ketones is 1. The number of nitrogens with zero attached hydrogens (tertiary/aromatic N) is 2. The quantitative estimate of drug-likeness (QED) is 0.299. The van der Waals surface area contributed by atoms with E-state index in [1.807, 2.05) is 0 Å². The molecule has 1 amide bonds. The molecular weight excluding hydrogens is 554 g/mol. The predicted molar refractivity (Wildman–Crippen MR) is 158 cm³/mol. The van der Waals surface area contributed by atoms with Gasteiger partial charge < -0.3 is 30.8 Å². The molecule has 43 heavy (non-hydrogen) atoms. The SMILES string of the molecule is CC(=O)[C@H]1CC[C@@H]2[C@H]3CCC4=CC(=NOCC(=O)N[C@H](C(=O)O)[C@H](O)c5cccc(N([O-])O)c5)CC[C@]4(C)[C@H]3CC[C@]12C. The molecule has 1 aromatic rings. The van der Waals surface area contributed by atoms with E-state index in [4.69, 9.17) is 10.0 Å². The van der Waals surface area contributed by atoms with Crippen molar-refractivity contribution in [1.82, 2.24) is 5.32 Å². The van der Waals surface area contributed by atoms with Gasteiger partial charge in [-0.25, -0.2) is 4.79 Å². The molecule has 4 aliphatic rings. The number of hydrogen-bond acceptors (Lipinski definition) is 9. The molecule has 0 heterocycles. The highest BCUT2D eigenvalue weighted by Gasteiger charge is 2.59. The van der Waals surface area contributed by atoms with Crippen molar-refractivity contribution in [3.05, 3.63) is 46.7 Å². The first-order valence-electron chi connectivity index (χ1n) is 15.2. The number of carbonyl (C=O) groups is 3. The smallest absolute Gasteiger partial charge is 0.329 e. The summed E-state index contributed by atoms with van der Waals surface area (Å²) >= 11 is 0. The number of carboxylic acids is 1. The van der Waals surface area contributed by atoms with Crippen molar-refractivity contribution in [1.29, 1.82) is 0 Å². The molecule has 11 nitrogen and oxygen atoms in total. The molecule has 11 heteroatoms. The third-order valence-electron chi connectivity index (χ3n) is 11.2. The molecule has 0 aliphatic heterocycles. The van der Waals surface area contributed by atoms with Crippen LogP contribution in [0, 0.1) is 39.7 Å². The Labute approximate surface area is 251 Å². The van der Waals surface area contributed by atoms with Crippen LogP contribution >= 0.6 is 0 Å². The van der Waals surface area contributed by atoms with Crippen LogP contribution in [0.5, 0.6) is 0 Å². The molecule has 234 valence electrons. The van der Waals surface area contributed by atoms with Crippen LogP contribution in [-0.2, 0) is 19.2 Å². The summed E-state index contributed by atoms with van der Waals surface area (Å²) in [4.78, 5) is 42.0. The molecule has 8 atom stereocenters. The normalized spacial score (nSPS) is 33.7. The molecule has 3 fully saturated rings. The van der Waals surface area contributed by atoms with Crippen LogP contribution in [-0.4, -0.2) is 51.4 Å². The Hall–Kier alpha value is -3.28. The third-order valence-corrected chi connectivity index (χ3v) is 11.2. The molecule has 1 aromatic carbocycles. The number of oxime groups is 1. The highest BCUT2D eigenvalue weighted by Crippen LogP contribution is 2.66. The largest absolute Gasteiger partial charge is 0.733 e. The minimum atomic E-state index is -1.71. The summed E-state index contributed by atoms with van der Waals surface area (Å²) < 4.78 is 0. The lowest BCUT2D eigenvalue weighted by atomic mass is 9.46. The Morgan fingerprint density at radius 1 is 1.14 bits per heavy atom. The van der Waals surface area contributed by atoms with Gasteiger partial charge in [-0.05, 0) is 111 Å². The second-order valence-electron chi connectivity index (χ2n) is 13.3. The summed E-state index contributed by atoms with van der Waals surface area (Å²) in [7, 11) is 0. The third kappa shape index (κ3) is 5.82. The van der Waals surface area contributed by atoms with Gasteiger partial charge in [-0.15, -0.1) is 0 Å². The number of nitrogens with one attached hydrogen (secondary N) is 1. The van der Waals surface area contributed by atoms with Gasteiger partial charge in [-0.2, -0.15) is 0 Å². The molecule has 0 aromatic heterocycles. The van der Waals surface area contributed by atoms with Crippen molar-refractivity contribution < 1.29 is 34.6 Å². The average Bonchev–Trinajstić information content (AvgIpc) is 3.33. The molecule has 0 radical (unpaired) electrons. The zero-order valence-corrected chi connectivity index (χ0v) is 25.0. The number of hydrogen-bond donors (Lipinski definition) is 4. The number of allylic oxidation sites excluding steroid dienone is 2. The monoisotopic (exact) mass is 596 g/mol. The van der Waals surface area contributed by atoms with Gasteiger partial charge in [0.2, 0.25) is 0 Å². The van der Waals surface area contributed by atoms with E-state index in [1.165, 1.54) is 23.8 Å². The minimum Gasteiger partial charge on any atom is -0.733 e. The van der Waals surface area contributed by atoms with E-state index in [-0.39, 0.29) is 28.0 Å². The number of anilines is 1. The second-order valence-corrected chi connectivity index (χ2v) is 13.3. The maximum absolute atomic E-state index is 12.5.